The van der Waals surface area contributed by atoms with E-state index in [-0.39, 0.29) is 0 Å². The van der Waals surface area contributed by atoms with Gasteiger partial charge in [0.25, 0.3) is 0 Å². The Hall–Kier alpha value is -0.120. The maximum atomic E-state index is 8.98. The monoisotopic (exact) mass is 102 g/mol. The van der Waals surface area contributed by atoms with Gasteiger partial charge < -0.3 is 5.11 Å². The van der Waals surface area contributed by atoms with Crippen molar-refractivity contribution in [2.75, 3.05) is 0 Å². The highest BCUT2D eigenvalue weighted by atomic mass is 16.3. The zero-order valence-corrected chi connectivity index (χ0v) is 4.15. The zero-order chi connectivity index (χ0) is 5.33. The fraction of sp³-hybridized carbons (Fsp3) is 1.00. The van der Waals surface area contributed by atoms with Gasteiger partial charge in [0.1, 0.15) is 5.72 Å². The van der Waals surface area contributed by atoms with Gasteiger partial charge in [0, 0.05) is 0 Å². The number of aliphatic hydroxyl groups is 1. The van der Waals surface area contributed by atoms with Crippen LogP contribution in [0.25, 0.3) is 0 Å². The normalized spacial score (nSPS) is 26.6. The molecule has 0 aromatic carbocycles. The second-order valence-corrected chi connectivity index (χ2v) is 2.03. The molecule has 1 saturated carbocycles. The Kier molecular flexibility index (Phi) is 1.03. The van der Waals surface area contributed by atoms with Crippen LogP contribution in [0, 0.1) is 0 Å². The van der Waals surface area contributed by atoms with Gasteiger partial charge >= 0.3 is 0 Å². The van der Waals surface area contributed by atoms with E-state index in [1.54, 1.807) is 0 Å². The van der Waals surface area contributed by atoms with Gasteiger partial charge in [-0.05, 0) is 19.3 Å². The van der Waals surface area contributed by atoms with Crippen molar-refractivity contribution >= 4 is 0 Å². The number of rotatable bonds is 1. The molecule has 0 aliphatic heterocycles. The summed E-state index contributed by atoms with van der Waals surface area (Å²) in [4.78, 5) is 0. The minimum Gasteiger partial charge on any atom is -0.375 e. The number of nitrogens with one attached hydrogen (secondary N) is 1. The van der Waals surface area contributed by atoms with Crippen LogP contribution in [0.1, 0.15) is 19.3 Å². The van der Waals surface area contributed by atoms with Crippen molar-refractivity contribution in [3.05, 3.63) is 0 Å². The predicted octanol–water partition coefficient (Wildman–Crippen LogP) is -0.678. The van der Waals surface area contributed by atoms with Crippen molar-refractivity contribution in [3.8, 4) is 0 Å². The summed E-state index contributed by atoms with van der Waals surface area (Å²) in [6.07, 6.45) is 2.67. The molecule has 1 aliphatic rings. The minimum absolute atomic E-state index is 0.708. The van der Waals surface area contributed by atoms with E-state index in [9.17, 15) is 0 Å². The molecule has 0 aromatic rings. The standard InChI is InChI=1S/C4H10N2O/c5-6-4(7)2-1-3-4/h6-7H,1-3,5H2. The van der Waals surface area contributed by atoms with Gasteiger partial charge in [-0.2, -0.15) is 0 Å². The van der Waals surface area contributed by atoms with Crippen LogP contribution >= 0.6 is 0 Å². The Bertz CT molecular complexity index is 64.6. The van der Waals surface area contributed by atoms with Gasteiger partial charge in [-0.15, -0.1) is 0 Å². The molecule has 1 rings (SSSR count). The Morgan fingerprint density at radius 2 is 2.14 bits per heavy atom. The summed E-state index contributed by atoms with van der Waals surface area (Å²) in [5.74, 6) is 4.97. The molecule has 42 valence electrons. The van der Waals surface area contributed by atoms with Crippen molar-refractivity contribution in [2.24, 2.45) is 5.84 Å². The first-order chi connectivity index (χ1) is 3.27. The van der Waals surface area contributed by atoms with E-state index in [2.05, 4.69) is 5.43 Å². The van der Waals surface area contributed by atoms with E-state index in [1.807, 2.05) is 0 Å². The Morgan fingerprint density at radius 1 is 1.57 bits per heavy atom. The fourth-order valence-electron chi connectivity index (χ4n) is 0.656. The molecule has 0 unspecified atom stereocenters. The maximum Gasteiger partial charge on any atom is 0.128 e. The predicted molar refractivity (Wildman–Crippen MR) is 26.1 cm³/mol. The summed E-state index contributed by atoms with van der Waals surface area (Å²) >= 11 is 0. The molecule has 0 bridgehead atoms. The molecular weight excluding hydrogens is 92.1 g/mol. The third-order valence-corrected chi connectivity index (χ3v) is 1.45. The molecule has 1 fully saturated rings. The Balaban J connectivity index is 2.29. The molecule has 3 heteroatoms. The average Bonchev–Trinajstić information content (AvgIpc) is 1.61. The summed E-state index contributed by atoms with van der Waals surface area (Å²) in [5.41, 5.74) is 1.63. The molecule has 4 N–H and O–H groups in total. The third kappa shape index (κ3) is 0.748. The van der Waals surface area contributed by atoms with Crippen molar-refractivity contribution < 1.29 is 5.11 Å². The quantitative estimate of drug-likeness (QED) is 0.233. The highest BCUT2D eigenvalue weighted by molar-refractivity contribution is 4.81. The molecule has 0 amide bonds. The lowest BCUT2D eigenvalue weighted by molar-refractivity contribution is -0.0636. The van der Waals surface area contributed by atoms with E-state index in [4.69, 9.17) is 10.9 Å². The highest BCUT2D eigenvalue weighted by Gasteiger charge is 2.32. The molecule has 7 heavy (non-hydrogen) atoms. The minimum atomic E-state index is -0.708. The van der Waals surface area contributed by atoms with E-state index in [0.717, 1.165) is 19.3 Å². The first kappa shape index (κ1) is 5.03. The van der Waals surface area contributed by atoms with Crippen molar-refractivity contribution in [1.82, 2.24) is 5.43 Å². The SMILES string of the molecule is NNC1(O)CCC1. The van der Waals surface area contributed by atoms with E-state index in [0.29, 0.717) is 0 Å². The van der Waals surface area contributed by atoms with Crippen molar-refractivity contribution in [3.63, 3.8) is 0 Å². The van der Waals surface area contributed by atoms with E-state index in [1.165, 1.54) is 0 Å². The van der Waals surface area contributed by atoms with Gasteiger partial charge in [0.15, 0.2) is 0 Å². The first-order valence-corrected chi connectivity index (χ1v) is 2.47. The average molecular weight is 102 g/mol. The van der Waals surface area contributed by atoms with Gasteiger partial charge in [0.2, 0.25) is 0 Å². The molecule has 0 saturated heterocycles. The highest BCUT2D eigenvalue weighted by Crippen LogP contribution is 2.27. The lowest BCUT2D eigenvalue weighted by atomic mass is 9.89. The third-order valence-electron chi connectivity index (χ3n) is 1.45. The number of nitrogens with two attached hydrogens (primary N) is 1. The molecule has 0 radical (unpaired) electrons. The van der Waals surface area contributed by atoms with Crippen LogP contribution in [0.3, 0.4) is 0 Å². The lowest BCUT2D eigenvalue weighted by Crippen LogP contribution is -2.54. The molecular formula is C4H10N2O. The lowest BCUT2D eigenvalue weighted by Gasteiger charge is -2.35. The van der Waals surface area contributed by atoms with Crippen LogP contribution in [-0.4, -0.2) is 10.8 Å². The van der Waals surface area contributed by atoms with Crippen LogP contribution in [0.2, 0.25) is 0 Å². The first-order valence-electron chi connectivity index (χ1n) is 2.47. The zero-order valence-electron chi connectivity index (χ0n) is 4.15. The van der Waals surface area contributed by atoms with E-state index < -0.39 is 5.72 Å². The van der Waals surface area contributed by atoms with Gasteiger partial charge in [-0.25, -0.2) is 5.43 Å². The molecule has 1 aliphatic carbocycles. The largest absolute Gasteiger partial charge is 0.375 e. The van der Waals surface area contributed by atoms with E-state index >= 15 is 0 Å². The second kappa shape index (κ2) is 1.43. The molecule has 0 spiro atoms. The van der Waals surface area contributed by atoms with Gasteiger partial charge in [-0.3, -0.25) is 5.84 Å². The summed E-state index contributed by atoms with van der Waals surface area (Å²) in [6, 6.07) is 0. The second-order valence-electron chi connectivity index (χ2n) is 2.03. The Labute approximate surface area is 42.5 Å². The van der Waals surface area contributed by atoms with Crippen LogP contribution in [-0.2, 0) is 0 Å². The summed E-state index contributed by atoms with van der Waals surface area (Å²) in [6.45, 7) is 0. The van der Waals surface area contributed by atoms with Crippen LogP contribution < -0.4 is 11.3 Å². The molecule has 0 aromatic heterocycles. The van der Waals surface area contributed by atoms with Crippen LogP contribution in [0.5, 0.6) is 0 Å². The molecule has 0 heterocycles. The van der Waals surface area contributed by atoms with Gasteiger partial charge in [-0.1, -0.05) is 0 Å². The molecule has 3 nitrogen and oxygen atoms in total. The number of hydrazine groups is 1. The van der Waals surface area contributed by atoms with Gasteiger partial charge in [0.05, 0.1) is 0 Å². The topological polar surface area (TPSA) is 58.3 Å². The Morgan fingerprint density at radius 3 is 2.14 bits per heavy atom. The molecule has 0 atom stereocenters. The number of hydrogen-bond acceptors (Lipinski definition) is 3. The van der Waals surface area contributed by atoms with Crippen LogP contribution in [0.15, 0.2) is 0 Å². The van der Waals surface area contributed by atoms with Crippen molar-refractivity contribution in [1.29, 1.82) is 0 Å². The van der Waals surface area contributed by atoms with Crippen molar-refractivity contribution in [2.45, 2.75) is 25.0 Å². The fourth-order valence-corrected chi connectivity index (χ4v) is 0.656. The summed E-state index contributed by atoms with van der Waals surface area (Å²) in [7, 11) is 0. The maximum absolute atomic E-state index is 8.98. The summed E-state index contributed by atoms with van der Waals surface area (Å²) < 4.78 is 0. The number of hydrogen-bond donors (Lipinski definition) is 3. The van der Waals surface area contributed by atoms with Crippen LogP contribution in [0.4, 0.5) is 0 Å². The smallest absolute Gasteiger partial charge is 0.128 e. The summed E-state index contributed by atoms with van der Waals surface area (Å²) in [5, 5.41) is 8.98.